The van der Waals surface area contributed by atoms with Crippen molar-refractivity contribution in [2.45, 2.75) is 11.4 Å². The van der Waals surface area contributed by atoms with E-state index in [1.807, 2.05) is 41.2 Å². The number of fused-ring (bicyclic) bond motifs is 1. The summed E-state index contributed by atoms with van der Waals surface area (Å²) >= 11 is 2.92. The quantitative estimate of drug-likeness (QED) is 0.455. The van der Waals surface area contributed by atoms with E-state index < -0.39 is 0 Å². The average Bonchev–Trinajstić information content (AvgIpc) is 3.05. The smallest absolute Gasteiger partial charge is 0.280 e. The molecule has 27 heavy (non-hydrogen) atoms. The molecule has 140 valence electrons. The number of benzene rings is 2. The van der Waals surface area contributed by atoms with Gasteiger partial charge in [-0.05, 0) is 30.5 Å². The number of methoxy groups -OCH3 is 2. The Balaban J connectivity index is 2.27. The summed E-state index contributed by atoms with van der Waals surface area (Å²) in [5.74, 6) is 1.14. The van der Waals surface area contributed by atoms with Crippen LogP contribution in [0.4, 0.5) is 0 Å². The monoisotopic (exact) mass is 400 g/mol. The molecule has 2 aromatic carbocycles. The molecule has 0 radical (unpaired) electrons. The molecule has 0 bridgehead atoms. The Kier molecular flexibility index (Phi) is 6.03. The molecule has 3 rings (SSSR count). The summed E-state index contributed by atoms with van der Waals surface area (Å²) < 4.78 is 13.8. The Morgan fingerprint density at radius 1 is 1.22 bits per heavy atom. The third-order valence-corrected chi connectivity index (χ3v) is 5.93. The molecule has 0 spiro atoms. The molecule has 0 aliphatic heterocycles. The molecule has 0 saturated carbocycles. The second kappa shape index (κ2) is 8.45. The molecule has 1 amide bonds. The highest BCUT2D eigenvalue weighted by Gasteiger charge is 2.17. The van der Waals surface area contributed by atoms with Crippen LogP contribution in [-0.4, -0.2) is 30.9 Å². The number of hydrogen-bond acceptors (Lipinski definition) is 5. The first-order valence-corrected chi connectivity index (χ1v) is 10.3. The topological polar surface area (TPSA) is 52.8 Å². The molecule has 0 aliphatic carbocycles. The molecule has 1 aromatic heterocycles. The van der Waals surface area contributed by atoms with E-state index >= 15 is 0 Å². The third-order valence-electron chi connectivity index (χ3n) is 4.04. The van der Waals surface area contributed by atoms with Crippen LogP contribution in [0.25, 0.3) is 10.2 Å². The summed E-state index contributed by atoms with van der Waals surface area (Å²) in [5, 5.41) is 0. The van der Waals surface area contributed by atoms with Gasteiger partial charge in [-0.3, -0.25) is 4.79 Å². The molecule has 0 aliphatic rings. The minimum absolute atomic E-state index is 0.276. The van der Waals surface area contributed by atoms with Gasteiger partial charge in [-0.2, -0.15) is 4.99 Å². The molecule has 0 N–H and O–H groups in total. The molecule has 0 fully saturated rings. The van der Waals surface area contributed by atoms with Crippen molar-refractivity contribution in [2.75, 3.05) is 20.5 Å². The summed E-state index contributed by atoms with van der Waals surface area (Å²) in [4.78, 5) is 18.8. The van der Waals surface area contributed by atoms with E-state index in [1.54, 1.807) is 26.4 Å². The normalized spacial score (nSPS) is 11.6. The zero-order chi connectivity index (χ0) is 19.4. The summed E-state index contributed by atoms with van der Waals surface area (Å²) in [6.07, 6.45) is 3.71. The lowest BCUT2D eigenvalue weighted by Gasteiger charge is -2.08. The zero-order valence-corrected chi connectivity index (χ0v) is 17.0. The number of carbonyl (C=O) groups is 1. The maximum Gasteiger partial charge on any atom is 0.280 e. The number of thioether (sulfide) groups is 1. The van der Waals surface area contributed by atoms with E-state index in [-0.39, 0.29) is 5.91 Å². The second-order valence-electron chi connectivity index (χ2n) is 5.55. The van der Waals surface area contributed by atoms with Crippen molar-refractivity contribution in [2.24, 2.45) is 4.99 Å². The van der Waals surface area contributed by atoms with Gasteiger partial charge in [0, 0.05) is 11.4 Å². The van der Waals surface area contributed by atoms with E-state index in [9.17, 15) is 4.79 Å². The minimum Gasteiger partial charge on any atom is -0.495 e. The first-order chi connectivity index (χ1) is 13.1. The number of hydrogen-bond donors (Lipinski definition) is 0. The Labute approximate surface area is 166 Å². The van der Waals surface area contributed by atoms with Crippen LogP contribution in [-0.2, 0) is 6.54 Å². The lowest BCUT2D eigenvalue weighted by atomic mass is 10.2. The van der Waals surface area contributed by atoms with Crippen molar-refractivity contribution in [3.05, 3.63) is 59.4 Å². The number of carbonyl (C=O) groups excluding carboxylic acids is 1. The molecule has 0 saturated heterocycles. The standard InChI is InChI=1S/C20H20N2O3S2/c1-5-12-22-17-14(24-2)10-11-15(25-3)18(17)27-20(22)21-19(23)13-8-6-7-9-16(13)26-4/h5-11H,1,12H2,2-4H3. The zero-order valence-electron chi connectivity index (χ0n) is 15.4. The predicted molar refractivity (Wildman–Crippen MR) is 111 cm³/mol. The average molecular weight is 401 g/mol. The Morgan fingerprint density at radius 3 is 2.59 bits per heavy atom. The number of allylic oxidation sites excluding steroid dienone is 1. The highest BCUT2D eigenvalue weighted by molar-refractivity contribution is 7.98. The van der Waals surface area contributed by atoms with Gasteiger partial charge >= 0.3 is 0 Å². The molecule has 7 heteroatoms. The number of aromatic nitrogens is 1. The summed E-state index contributed by atoms with van der Waals surface area (Å²) in [7, 11) is 3.24. The Hall–Kier alpha value is -2.51. The van der Waals surface area contributed by atoms with E-state index in [0.29, 0.717) is 28.4 Å². The van der Waals surface area contributed by atoms with Crippen molar-refractivity contribution in [1.29, 1.82) is 0 Å². The van der Waals surface area contributed by atoms with Gasteiger partial charge in [-0.15, -0.1) is 18.3 Å². The summed E-state index contributed by atoms with van der Waals surface area (Å²) in [6, 6.07) is 11.2. The van der Waals surface area contributed by atoms with Gasteiger partial charge in [0.1, 0.15) is 21.7 Å². The van der Waals surface area contributed by atoms with Crippen LogP contribution in [0.3, 0.4) is 0 Å². The van der Waals surface area contributed by atoms with Crippen molar-refractivity contribution in [1.82, 2.24) is 4.57 Å². The lowest BCUT2D eigenvalue weighted by molar-refractivity contribution is 0.0995. The van der Waals surface area contributed by atoms with Crippen LogP contribution in [0.5, 0.6) is 11.5 Å². The summed E-state index contributed by atoms with van der Waals surface area (Å²) in [6.45, 7) is 4.33. The van der Waals surface area contributed by atoms with Crippen molar-refractivity contribution >= 4 is 39.2 Å². The van der Waals surface area contributed by atoms with Crippen molar-refractivity contribution in [3.63, 3.8) is 0 Å². The molecule has 0 unspecified atom stereocenters. The number of rotatable bonds is 6. The molecular weight excluding hydrogens is 380 g/mol. The van der Waals surface area contributed by atoms with Gasteiger partial charge in [0.15, 0.2) is 4.80 Å². The lowest BCUT2D eigenvalue weighted by Crippen LogP contribution is -2.16. The first kappa shape index (κ1) is 19.3. The van der Waals surface area contributed by atoms with Crippen LogP contribution >= 0.6 is 23.1 Å². The van der Waals surface area contributed by atoms with Gasteiger partial charge in [-0.25, -0.2) is 0 Å². The van der Waals surface area contributed by atoms with E-state index in [0.717, 1.165) is 15.1 Å². The molecule has 3 aromatic rings. The van der Waals surface area contributed by atoms with Gasteiger partial charge in [-0.1, -0.05) is 29.5 Å². The maximum atomic E-state index is 12.9. The fraction of sp³-hybridized carbons (Fsp3) is 0.200. The maximum absolute atomic E-state index is 12.9. The highest BCUT2D eigenvalue weighted by Crippen LogP contribution is 2.35. The molecule has 5 nitrogen and oxygen atoms in total. The first-order valence-electron chi connectivity index (χ1n) is 8.21. The van der Waals surface area contributed by atoms with Crippen molar-refractivity contribution < 1.29 is 14.3 Å². The number of thiazole rings is 1. The number of nitrogens with zero attached hydrogens (tertiary/aromatic N) is 2. The molecular formula is C20H20N2O3S2. The second-order valence-corrected chi connectivity index (χ2v) is 7.37. The highest BCUT2D eigenvalue weighted by atomic mass is 32.2. The van der Waals surface area contributed by atoms with Crippen LogP contribution in [0.15, 0.2) is 58.9 Å². The molecule has 0 atom stereocenters. The van der Waals surface area contributed by atoms with Crippen LogP contribution in [0.2, 0.25) is 0 Å². The van der Waals surface area contributed by atoms with Gasteiger partial charge in [0.25, 0.3) is 5.91 Å². The molecule has 1 heterocycles. The van der Waals surface area contributed by atoms with Crippen LogP contribution in [0, 0.1) is 0 Å². The Bertz CT molecular complexity index is 1070. The van der Waals surface area contributed by atoms with E-state index in [2.05, 4.69) is 11.6 Å². The van der Waals surface area contributed by atoms with Crippen LogP contribution in [0.1, 0.15) is 10.4 Å². The minimum atomic E-state index is -0.276. The van der Waals surface area contributed by atoms with Crippen LogP contribution < -0.4 is 14.3 Å². The number of ether oxygens (including phenoxy) is 2. The van der Waals surface area contributed by atoms with Gasteiger partial charge < -0.3 is 14.0 Å². The SMILES string of the molecule is C=CCn1c(=NC(=O)c2ccccc2SC)sc2c(OC)ccc(OC)c21. The van der Waals surface area contributed by atoms with Gasteiger partial charge in [0.05, 0.1) is 19.8 Å². The van der Waals surface area contributed by atoms with Gasteiger partial charge in [0.2, 0.25) is 0 Å². The van der Waals surface area contributed by atoms with E-state index in [4.69, 9.17) is 9.47 Å². The number of amides is 1. The predicted octanol–water partition coefficient (Wildman–Crippen LogP) is 4.37. The third kappa shape index (κ3) is 3.65. The summed E-state index contributed by atoms with van der Waals surface area (Å²) in [5.41, 5.74) is 1.43. The Morgan fingerprint density at radius 2 is 1.93 bits per heavy atom. The fourth-order valence-corrected chi connectivity index (χ4v) is 4.54. The largest absolute Gasteiger partial charge is 0.495 e. The van der Waals surface area contributed by atoms with E-state index in [1.165, 1.54) is 23.1 Å². The van der Waals surface area contributed by atoms with Crippen molar-refractivity contribution in [3.8, 4) is 11.5 Å². The fourth-order valence-electron chi connectivity index (χ4n) is 2.81.